The van der Waals surface area contributed by atoms with Crippen LogP contribution < -0.4 is 4.74 Å². The predicted octanol–water partition coefficient (Wildman–Crippen LogP) is 4.38. The summed E-state index contributed by atoms with van der Waals surface area (Å²) in [7, 11) is 1.52. The molecule has 0 aliphatic rings. The molecule has 0 spiro atoms. The van der Waals surface area contributed by atoms with Crippen molar-refractivity contribution in [1.82, 2.24) is 0 Å². The maximum atomic E-state index is 11.9. The molecule has 0 bridgehead atoms. The molecule has 18 heavy (non-hydrogen) atoms. The fourth-order valence-electron chi connectivity index (χ4n) is 1.45. The van der Waals surface area contributed by atoms with Crippen LogP contribution in [0.4, 0.5) is 11.4 Å². The third-order valence-corrected chi connectivity index (χ3v) is 2.85. The lowest BCUT2D eigenvalue weighted by atomic mass is 10.3. The van der Waals surface area contributed by atoms with E-state index in [1.807, 2.05) is 12.1 Å². The number of para-hydroxylation sites is 2. The minimum atomic E-state index is 0.378. The summed E-state index contributed by atoms with van der Waals surface area (Å²) in [5, 5.41) is 15.9. The van der Waals surface area contributed by atoms with E-state index in [0.717, 1.165) is 4.47 Å². The van der Waals surface area contributed by atoms with E-state index < -0.39 is 0 Å². The third-order valence-electron chi connectivity index (χ3n) is 2.32. The van der Waals surface area contributed by atoms with Gasteiger partial charge in [-0.25, -0.2) is 0 Å². The number of halogens is 1. The minimum absolute atomic E-state index is 0.378. The summed E-state index contributed by atoms with van der Waals surface area (Å²) in [5.41, 5.74) is 0.960. The summed E-state index contributed by atoms with van der Waals surface area (Å²) in [6.07, 6.45) is 0. The summed E-state index contributed by atoms with van der Waals surface area (Å²) < 4.78 is 6.06. The highest BCUT2D eigenvalue weighted by Gasteiger charge is 2.11. The first-order chi connectivity index (χ1) is 8.70. The number of nitrogens with zero attached hydrogens (tertiary/aromatic N) is 2. The molecule has 0 heterocycles. The zero-order chi connectivity index (χ0) is 13.0. The van der Waals surface area contributed by atoms with Crippen molar-refractivity contribution in [2.45, 2.75) is 0 Å². The number of benzene rings is 2. The Bertz CT molecular complexity index is 567. The molecule has 0 fully saturated rings. The van der Waals surface area contributed by atoms with E-state index in [9.17, 15) is 5.21 Å². The van der Waals surface area contributed by atoms with Gasteiger partial charge >= 0.3 is 0 Å². The molecule has 92 valence electrons. The molecule has 0 aliphatic heterocycles. The second kappa shape index (κ2) is 5.64. The minimum Gasteiger partial charge on any atom is -0.594 e. The molecule has 0 amide bonds. The average Bonchev–Trinajstić information content (AvgIpc) is 2.41. The Balaban J connectivity index is 2.35. The van der Waals surface area contributed by atoms with Gasteiger partial charge in [0.05, 0.1) is 7.11 Å². The van der Waals surface area contributed by atoms with Gasteiger partial charge in [0.1, 0.15) is 5.69 Å². The molecule has 0 saturated carbocycles. The van der Waals surface area contributed by atoms with Gasteiger partial charge in [-0.3, -0.25) is 0 Å². The Labute approximate surface area is 113 Å². The topological polar surface area (TPSA) is 47.7 Å². The van der Waals surface area contributed by atoms with E-state index in [1.54, 1.807) is 36.4 Å². The van der Waals surface area contributed by atoms with E-state index in [2.05, 4.69) is 21.0 Å². The Morgan fingerprint density at radius 3 is 2.44 bits per heavy atom. The van der Waals surface area contributed by atoms with Gasteiger partial charge in [-0.1, -0.05) is 28.1 Å². The van der Waals surface area contributed by atoms with Crippen LogP contribution in [0, 0.1) is 5.21 Å². The van der Waals surface area contributed by atoms with Crippen molar-refractivity contribution in [3.05, 3.63) is 58.2 Å². The maximum Gasteiger partial charge on any atom is 0.286 e. The van der Waals surface area contributed by atoms with Gasteiger partial charge in [0, 0.05) is 15.7 Å². The number of hydrogen-bond acceptors (Lipinski definition) is 3. The van der Waals surface area contributed by atoms with E-state index in [1.165, 1.54) is 7.11 Å². The van der Waals surface area contributed by atoms with E-state index in [4.69, 9.17) is 4.74 Å². The van der Waals surface area contributed by atoms with E-state index in [0.29, 0.717) is 22.0 Å². The first-order valence-corrected chi connectivity index (χ1v) is 6.07. The molecule has 0 aromatic heterocycles. The molecule has 4 nitrogen and oxygen atoms in total. The Morgan fingerprint density at radius 2 is 1.78 bits per heavy atom. The van der Waals surface area contributed by atoms with Crippen LogP contribution in [0.25, 0.3) is 0 Å². The van der Waals surface area contributed by atoms with Gasteiger partial charge in [0.2, 0.25) is 0 Å². The van der Waals surface area contributed by atoms with Crippen molar-refractivity contribution < 1.29 is 9.60 Å². The van der Waals surface area contributed by atoms with Crippen LogP contribution in [0.5, 0.6) is 5.75 Å². The molecule has 0 atom stereocenters. The molecule has 0 radical (unpaired) electrons. The molecule has 2 aromatic rings. The van der Waals surface area contributed by atoms with Crippen molar-refractivity contribution in [3.63, 3.8) is 0 Å². The Kier molecular flexibility index (Phi) is 3.94. The monoisotopic (exact) mass is 306 g/mol. The lowest BCUT2D eigenvalue weighted by molar-refractivity contribution is -0.436. The highest BCUT2D eigenvalue weighted by Crippen LogP contribution is 2.27. The Morgan fingerprint density at radius 1 is 1.11 bits per heavy atom. The van der Waals surface area contributed by atoms with Gasteiger partial charge < -0.3 is 9.94 Å². The number of ether oxygens (including phenoxy) is 1. The molecule has 0 N–H and O–H groups in total. The van der Waals surface area contributed by atoms with Gasteiger partial charge in [0.15, 0.2) is 5.75 Å². The van der Waals surface area contributed by atoms with Crippen LogP contribution in [-0.4, -0.2) is 12.0 Å². The average molecular weight is 307 g/mol. The molecule has 0 aliphatic carbocycles. The molecule has 0 saturated heterocycles. The predicted molar refractivity (Wildman–Crippen MR) is 72.5 cm³/mol. The van der Waals surface area contributed by atoms with Crippen LogP contribution in [-0.2, 0) is 0 Å². The summed E-state index contributed by atoms with van der Waals surface area (Å²) >= 11 is 3.33. The van der Waals surface area contributed by atoms with Crippen LogP contribution >= 0.6 is 15.9 Å². The number of azo groups is 1. The maximum absolute atomic E-state index is 11.9. The Hall–Kier alpha value is -1.88. The number of methoxy groups -OCH3 is 1. The fourth-order valence-corrected chi connectivity index (χ4v) is 1.72. The van der Waals surface area contributed by atoms with Crippen molar-refractivity contribution in [2.24, 2.45) is 5.11 Å². The standard InChI is InChI=1S/C13H11BrN2O2/c1-18-13-5-3-2-4-12(13)16(17)15-11-8-6-10(14)7-9-11/h2-9H,1H3. The van der Waals surface area contributed by atoms with Crippen molar-refractivity contribution in [2.75, 3.05) is 7.11 Å². The largest absolute Gasteiger partial charge is 0.594 e. The van der Waals surface area contributed by atoms with Crippen LogP contribution in [0.2, 0.25) is 0 Å². The molecular weight excluding hydrogens is 296 g/mol. The molecular formula is C13H11BrN2O2. The van der Waals surface area contributed by atoms with Gasteiger partial charge in [0.25, 0.3) is 5.69 Å². The summed E-state index contributed by atoms with van der Waals surface area (Å²) in [4.78, 5) is 0.558. The van der Waals surface area contributed by atoms with Gasteiger partial charge in [-0.2, -0.15) is 0 Å². The van der Waals surface area contributed by atoms with Gasteiger partial charge in [-0.15, -0.1) is 0 Å². The second-order valence-electron chi connectivity index (χ2n) is 3.52. The summed E-state index contributed by atoms with van der Waals surface area (Å²) in [6.45, 7) is 0. The second-order valence-corrected chi connectivity index (χ2v) is 4.44. The van der Waals surface area contributed by atoms with Crippen LogP contribution in [0.1, 0.15) is 0 Å². The zero-order valence-electron chi connectivity index (χ0n) is 9.71. The van der Waals surface area contributed by atoms with Crippen molar-refractivity contribution >= 4 is 27.3 Å². The molecule has 5 heteroatoms. The number of hydrogen-bond donors (Lipinski definition) is 0. The fraction of sp³-hybridized carbons (Fsp3) is 0.0769. The third kappa shape index (κ3) is 2.87. The van der Waals surface area contributed by atoms with E-state index >= 15 is 0 Å². The SMILES string of the molecule is COc1ccccc1[N+]([O-])=Nc1ccc(Br)cc1. The summed E-state index contributed by atoms with van der Waals surface area (Å²) in [6, 6.07) is 14.1. The first-order valence-electron chi connectivity index (χ1n) is 5.28. The van der Waals surface area contributed by atoms with Crippen molar-refractivity contribution in [3.8, 4) is 5.75 Å². The molecule has 2 aromatic carbocycles. The molecule has 2 rings (SSSR count). The van der Waals surface area contributed by atoms with E-state index in [-0.39, 0.29) is 0 Å². The summed E-state index contributed by atoms with van der Waals surface area (Å²) in [5.74, 6) is 0.494. The van der Waals surface area contributed by atoms with Crippen LogP contribution in [0.3, 0.4) is 0 Å². The highest BCUT2D eigenvalue weighted by atomic mass is 79.9. The smallest absolute Gasteiger partial charge is 0.286 e. The normalized spacial score (nSPS) is 11.3. The number of rotatable bonds is 3. The first kappa shape index (κ1) is 12.6. The highest BCUT2D eigenvalue weighted by molar-refractivity contribution is 9.10. The van der Waals surface area contributed by atoms with Crippen molar-refractivity contribution in [1.29, 1.82) is 0 Å². The van der Waals surface area contributed by atoms with Gasteiger partial charge in [-0.05, 0) is 35.2 Å². The van der Waals surface area contributed by atoms with Crippen LogP contribution in [0.15, 0.2) is 58.1 Å². The quantitative estimate of drug-likeness (QED) is 0.480. The molecule has 0 unspecified atom stereocenters. The lowest BCUT2D eigenvalue weighted by Crippen LogP contribution is -1.94. The lowest BCUT2D eigenvalue weighted by Gasteiger charge is -2.04. The zero-order valence-corrected chi connectivity index (χ0v) is 11.3.